The Labute approximate surface area is 157 Å². The van der Waals surface area contributed by atoms with Crippen LogP contribution in [-0.2, 0) is 13.1 Å². The smallest absolute Gasteiger partial charge is 0.406 e. The van der Waals surface area contributed by atoms with Gasteiger partial charge in [-0.25, -0.2) is 0 Å². The first-order valence-electron chi connectivity index (χ1n) is 9.45. The molecule has 1 aromatic heterocycles. The van der Waals surface area contributed by atoms with Crippen LogP contribution in [0.15, 0.2) is 30.3 Å². The average Bonchev–Trinajstić information content (AvgIpc) is 3.32. The standard InChI is InChI=1S/C21H25F3N2O/c1-20(2,3)25-9-10-26-16(13-25)12-18(19(26)14-7-8-14)15-5-4-6-17(11-15)27-21(22,23)24/h4-6,11-12,14H,7-10,13H2,1-3H3. The molecule has 3 nitrogen and oxygen atoms in total. The fourth-order valence-corrected chi connectivity index (χ4v) is 3.97. The van der Waals surface area contributed by atoms with E-state index in [2.05, 4.69) is 41.0 Å². The summed E-state index contributed by atoms with van der Waals surface area (Å²) in [5, 5.41) is 0. The molecule has 0 saturated heterocycles. The maximum Gasteiger partial charge on any atom is 0.573 e. The molecule has 0 bridgehead atoms. The zero-order valence-electron chi connectivity index (χ0n) is 15.9. The van der Waals surface area contributed by atoms with Crippen LogP contribution in [-0.4, -0.2) is 27.9 Å². The summed E-state index contributed by atoms with van der Waals surface area (Å²) in [6, 6.07) is 8.52. The molecule has 6 heteroatoms. The maximum absolute atomic E-state index is 12.6. The Morgan fingerprint density at radius 3 is 2.41 bits per heavy atom. The molecule has 27 heavy (non-hydrogen) atoms. The second-order valence-corrected chi connectivity index (χ2v) is 8.53. The van der Waals surface area contributed by atoms with Crippen LogP contribution in [0, 0.1) is 0 Å². The third-order valence-electron chi connectivity index (χ3n) is 5.46. The number of ether oxygens (including phenoxy) is 1. The minimum atomic E-state index is -4.68. The number of halogens is 3. The minimum absolute atomic E-state index is 0.0931. The third-order valence-corrected chi connectivity index (χ3v) is 5.46. The van der Waals surface area contributed by atoms with Gasteiger partial charge in [-0.1, -0.05) is 12.1 Å². The number of alkyl halides is 3. The molecular formula is C21H25F3N2O. The topological polar surface area (TPSA) is 17.4 Å². The van der Waals surface area contributed by atoms with Crippen LogP contribution in [0.1, 0.15) is 50.9 Å². The minimum Gasteiger partial charge on any atom is -0.406 e. The maximum atomic E-state index is 12.6. The van der Waals surface area contributed by atoms with Crippen molar-refractivity contribution in [2.45, 2.75) is 64.5 Å². The van der Waals surface area contributed by atoms with Crippen molar-refractivity contribution in [2.24, 2.45) is 0 Å². The summed E-state index contributed by atoms with van der Waals surface area (Å²) >= 11 is 0. The second kappa shape index (κ2) is 6.30. The van der Waals surface area contributed by atoms with E-state index < -0.39 is 6.36 Å². The van der Waals surface area contributed by atoms with Crippen LogP contribution in [0.3, 0.4) is 0 Å². The van der Waals surface area contributed by atoms with E-state index in [0.29, 0.717) is 5.92 Å². The largest absolute Gasteiger partial charge is 0.573 e. The lowest BCUT2D eigenvalue weighted by Crippen LogP contribution is -2.45. The first-order valence-corrected chi connectivity index (χ1v) is 9.45. The van der Waals surface area contributed by atoms with E-state index in [0.717, 1.165) is 43.6 Å². The van der Waals surface area contributed by atoms with Crippen molar-refractivity contribution in [1.29, 1.82) is 0 Å². The Morgan fingerprint density at radius 1 is 1.04 bits per heavy atom. The highest BCUT2D eigenvalue weighted by Gasteiger charge is 2.35. The van der Waals surface area contributed by atoms with Gasteiger partial charge in [0.15, 0.2) is 0 Å². The van der Waals surface area contributed by atoms with Crippen LogP contribution in [0.2, 0.25) is 0 Å². The van der Waals surface area contributed by atoms with Crippen molar-refractivity contribution in [2.75, 3.05) is 6.54 Å². The van der Waals surface area contributed by atoms with Crippen molar-refractivity contribution in [3.63, 3.8) is 0 Å². The van der Waals surface area contributed by atoms with Gasteiger partial charge in [0.1, 0.15) is 5.75 Å². The SMILES string of the molecule is CC(C)(C)N1CCn2c(cc(-c3cccc(OC(F)(F)F)c3)c2C2CC2)C1. The first kappa shape index (κ1) is 18.4. The van der Waals surface area contributed by atoms with Gasteiger partial charge in [-0.2, -0.15) is 0 Å². The van der Waals surface area contributed by atoms with Crippen LogP contribution in [0.4, 0.5) is 13.2 Å². The Hall–Kier alpha value is -1.95. The lowest BCUT2D eigenvalue weighted by molar-refractivity contribution is -0.274. The van der Waals surface area contributed by atoms with E-state index in [1.54, 1.807) is 6.07 Å². The summed E-state index contributed by atoms with van der Waals surface area (Å²) in [6.07, 6.45) is -2.37. The summed E-state index contributed by atoms with van der Waals surface area (Å²) in [6.45, 7) is 9.42. The summed E-state index contributed by atoms with van der Waals surface area (Å²) in [7, 11) is 0. The highest BCUT2D eigenvalue weighted by atomic mass is 19.4. The fourth-order valence-electron chi connectivity index (χ4n) is 3.97. The number of aromatic nitrogens is 1. The Morgan fingerprint density at radius 2 is 1.78 bits per heavy atom. The summed E-state index contributed by atoms with van der Waals surface area (Å²) in [5.74, 6) is 0.351. The van der Waals surface area contributed by atoms with Crippen molar-refractivity contribution in [1.82, 2.24) is 9.47 Å². The Kier molecular flexibility index (Phi) is 4.29. The van der Waals surface area contributed by atoms with Crippen LogP contribution < -0.4 is 4.74 Å². The Balaban J connectivity index is 1.72. The molecule has 4 rings (SSSR count). The molecule has 1 fully saturated rings. The van der Waals surface area contributed by atoms with E-state index >= 15 is 0 Å². The molecule has 2 heterocycles. The van der Waals surface area contributed by atoms with Gasteiger partial charge >= 0.3 is 6.36 Å². The van der Waals surface area contributed by atoms with Crippen LogP contribution >= 0.6 is 0 Å². The Bertz CT molecular complexity index is 844. The van der Waals surface area contributed by atoms with E-state index in [9.17, 15) is 13.2 Å². The van der Waals surface area contributed by atoms with Gasteiger partial charge in [-0.05, 0) is 63.3 Å². The molecule has 1 aromatic carbocycles. The van der Waals surface area contributed by atoms with Crippen molar-refractivity contribution >= 4 is 0 Å². The van der Waals surface area contributed by atoms with E-state index in [1.807, 2.05) is 6.07 Å². The summed E-state index contributed by atoms with van der Waals surface area (Å²) < 4.78 is 44.3. The highest BCUT2D eigenvalue weighted by Crippen LogP contribution is 2.47. The normalized spacial score (nSPS) is 18.4. The number of hydrogen-bond donors (Lipinski definition) is 0. The molecule has 2 aliphatic rings. The van der Waals surface area contributed by atoms with Gasteiger partial charge in [0.25, 0.3) is 0 Å². The lowest BCUT2D eigenvalue weighted by Gasteiger charge is -2.39. The molecule has 1 aliphatic heterocycles. The van der Waals surface area contributed by atoms with Gasteiger partial charge < -0.3 is 9.30 Å². The van der Waals surface area contributed by atoms with Crippen LogP contribution in [0.5, 0.6) is 5.75 Å². The third kappa shape index (κ3) is 3.86. The van der Waals surface area contributed by atoms with Gasteiger partial charge in [-0.15, -0.1) is 13.2 Å². The van der Waals surface area contributed by atoms with Crippen molar-refractivity contribution in [3.05, 3.63) is 41.7 Å². The number of fused-ring (bicyclic) bond motifs is 1. The molecule has 0 amide bonds. The zero-order valence-corrected chi connectivity index (χ0v) is 15.9. The summed E-state index contributed by atoms with van der Waals surface area (Å²) in [4.78, 5) is 2.45. The molecule has 146 valence electrons. The number of nitrogens with zero attached hydrogens (tertiary/aromatic N) is 2. The van der Waals surface area contributed by atoms with E-state index in [-0.39, 0.29) is 11.3 Å². The van der Waals surface area contributed by atoms with Gasteiger partial charge in [0.05, 0.1) is 0 Å². The van der Waals surface area contributed by atoms with E-state index in [4.69, 9.17) is 0 Å². The predicted molar refractivity (Wildman–Crippen MR) is 98.7 cm³/mol. The second-order valence-electron chi connectivity index (χ2n) is 8.53. The van der Waals surface area contributed by atoms with Crippen LogP contribution in [0.25, 0.3) is 11.1 Å². The monoisotopic (exact) mass is 378 g/mol. The quantitative estimate of drug-likeness (QED) is 0.697. The molecule has 0 N–H and O–H groups in total. The van der Waals surface area contributed by atoms with Crippen molar-refractivity contribution in [3.8, 4) is 16.9 Å². The van der Waals surface area contributed by atoms with E-state index in [1.165, 1.54) is 23.5 Å². The molecule has 2 aromatic rings. The number of hydrogen-bond acceptors (Lipinski definition) is 2. The van der Waals surface area contributed by atoms with Gasteiger partial charge in [0, 0.05) is 42.1 Å². The molecule has 0 unspecified atom stereocenters. The zero-order chi connectivity index (χ0) is 19.4. The molecule has 0 atom stereocenters. The molecule has 0 spiro atoms. The average molecular weight is 378 g/mol. The fraction of sp³-hybridized carbons (Fsp3) is 0.524. The predicted octanol–water partition coefficient (Wildman–Crippen LogP) is 5.55. The van der Waals surface area contributed by atoms with Gasteiger partial charge in [0.2, 0.25) is 0 Å². The molecule has 1 aliphatic carbocycles. The number of rotatable bonds is 3. The lowest BCUT2D eigenvalue weighted by atomic mass is 10.0. The number of benzene rings is 1. The molecular weight excluding hydrogens is 353 g/mol. The van der Waals surface area contributed by atoms with Gasteiger partial charge in [-0.3, -0.25) is 4.90 Å². The van der Waals surface area contributed by atoms with Crippen molar-refractivity contribution < 1.29 is 17.9 Å². The first-order chi connectivity index (χ1) is 12.6. The summed E-state index contributed by atoms with van der Waals surface area (Å²) in [5.41, 5.74) is 4.47. The molecule has 0 radical (unpaired) electrons. The molecule has 1 saturated carbocycles. The highest BCUT2D eigenvalue weighted by molar-refractivity contribution is 5.70.